The summed E-state index contributed by atoms with van der Waals surface area (Å²) in [6.07, 6.45) is 1.59. The smallest absolute Gasteiger partial charge is 0.232 e. The van der Waals surface area contributed by atoms with Gasteiger partial charge in [-0.3, -0.25) is 13.9 Å². The highest BCUT2D eigenvalue weighted by atomic mass is 35.5. The number of anilines is 3. The van der Waals surface area contributed by atoms with Crippen LogP contribution in [0.25, 0.3) is 0 Å². The lowest BCUT2D eigenvalue weighted by Crippen LogP contribution is -2.32. The lowest BCUT2D eigenvalue weighted by Gasteiger charge is -2.24. The molecule has 0 aliphatic heterocycles. The van der Waals surface area contributed by atoms with Crippen molar-refractivity contribution in [2.75, 3.05) is 27.7 Å². The molecule has 2 N–H and O–H groups in total. The van der Waals surface area contributed by atoms with E-state index >= 15 is 0 Å². The zero-order chi connectivity index (χ0) is 21.6. The minimum atomic E-state index is -3.53. The molecule has 0 saturated carbocycles. The summed E-state index contributed by atoms with van der Waals surface area (Å²) < 4.78 is 25.7. The average Bonchev–Trinajstić information content (AvgIpc) is 2.60. The highest BCUT2D eigenvalue weighted by Crippen LogP contribution is 2.26. The number of rotatable bonds is 8. The van der Waals surface area contributed by atoms with E-state index < -0.39 is 10.0 Å². The minimum Gasteiger partial charge on any atom is -0.326 e. The fraction of sp³-hybridized carbons (Fsp3) is 0.300. The molecule has 29 heavy (non-hydrogen) atoms. The van der Waals surface area contributed by atoms with Gasteiger partial charge in [-0.2, -0.15) is 0 Å². The predicted octanol–water partition coefficient (Wildman–Crippen LogP) is 3.79. The van der Waals surface area contributed by atoms with Crippen molar-refractivity contribution in [2.24, 2.45) is 0 Å². The van der Waals surface area contributed by atoms with E-state index in [0.29, 0.717) is 28.5 Å². The van der Waals surface area contributed by atoms with Crippen LogP contribution in [-0.4, -0.2) is 33.0 Å². The van der Waals surface area contributed by atoms with Crippen LogP contribution in [0.1, 0.15) is 25.3 Å². The van der Waals surface area contributed by atoms with Gasteiger partial charge in [0.05, 0.1) is 11.9 Å². The third-order valence-electron chi connectivity index (χ3n) is 4.07. The van der Waals surface area contributed by atoms with E-state index in [1.54, 1.807) is 49.4 Å². The number of halogens is 1. The number of benzene rings is 2. The van der Waals surface area contributed by atoms with Gasteiger partial charge < -0.3 is 10.6 Å². The van der Waals surface area contributed by atoms with Crippen molar-refractivity contribution in [3.63, 3.8) is 0 Å². The Kier molecular flexibility index (Phi) is 7.64. The lowest BCUT2D eigenvalue weighted by atomic mass is 10.2. The molecule has 156 valence electrons. The number of hydrogen-bond donors (Lipinski definition) is 2. The Morgan fingerprint density at radius 3 is 2.34 bits per heavy atom. The van der Waals surface area contributed by atoms with Crippen LogP contribution in [0.5, 0.6) is 0 Å². The molecule has 0 bridgehead atoms. The normalized spacial score (nSPS) is 11.0. The Morgan fingerprint density at radius 1 is 1.07 bits per heavy atom. The molecule has 7 nitrogen and oxygen atoms in total. The van der Waals surface area contributed by atoms with E-state index in [-0.39, 0.29) is 24.8 Å². The first kappa shape index (κ1) is 22.7. The van der Waals surface area contributed by atoms with Crippen LogP contribution in [0.15, 0.2) is 42.5 Å². The largest absolute Gasteiger partial charge is 0.326 e. The lowest BCUT2D eigenvalue weighted by molar-refractivity contribution is -0.116. The molecule has 0 aliphatic carbocycles. The maximum absolute atomic E-state index is 12.2. The number of hydrogen-bond acceptors (Lipinski definition) is 4. The maximum Gasteiger partial charge on any atom is 0.232 e. The Morgan fingerprint density at radius 2 is 1.72 bits per heavy atom. The van der Waals surface area contributed by atoms with Gasteiger partial charge in [-0.15, -0.1) is 0 Å². The second-order valence-electron chi connectivity index (χ2n) is 6.68. The van der Waals surface area contributed by atoms with Crippen molar-refractivity contribution in [3.8, 4) is 0 Å². The molecule has 0 unspecified atom stereocenters. The first-order chi connectivity index (χ1) is 13.6. The second-order valence-corrected chi connectivity index (χ2v) is 9.02. The fourth-order valence-electron chi connectivity index (χ4n) is 2.80. The number of nitrogens with zero attached hydrogens (tertiary/aromatic N) is 1. The molecule has 0 aliphatic rings. The molecule has 0 radical (unpaired) electrons. The Bertz CT molecular complexity index is 1010. The highest BCUT2D eigenvalue weighted by molar-refractivity contribution is 7.92. The van der Waals surface area contributed by atoms with Crippen molar-refractivity contribution >= 4 is 50.5 Å². The minimum absolute atomic E-state index is 0.135. The SMILES string of the molecule is CC(=O)Nc1cccc(NC(=O)CCCN(c2cc(Cl)ccc2C)S(C)(=O)=O)c1. The summed E-state index contributed by atoms with van der Waals surface area (Å²) in [4.78, 5) is 23.4. The van der Waals surface area contributed by atoms with Crippen LogP contribution in [0.3, 0.4) is 0 Å². The predicted molar refractivity (Wildman–Crippen MR) is 117 cm³/mol. The molecule has 0 fully saturated rings. The Labute approximate surface area is 176 Å². The quantitative estimate of drug-likeness (QED) is 0.656. The van der Waals surface area contributed by atoms with E-state index in [1.165, 1.54) is 11.2 Å². The van der Waals surface area contributed by atoms with Crippen LogP contribution in [0, 0.1) is 6.92 Å². The number of carbonyl (C=O) groups excluding carboxylic acids is 2. The van der Waals surface area contributed by atoms with Crippen molar-refractivity contribution in [1.29, 1.82) is 0 Å². The van der Waals surface area contributed by atoms with Crippen LogP contribution in [0.4, 0.5) is 17.1 Å². The number of carbonyl (C=O) groups is 2. The van der Waals surface area contributed by atoms with Crippen molar-refractivity contribution in [2.45, 2.75) is 26.7 Å². The molecule has 2 aromatic carbocycles. The summed E-state index contributed by atoms with van der Waals surface area (Å²) in [6.45, 7) is 3.36. The first-order valence-corrected chi connectivity index (χ1v) is 11.2. The zero-order valence-electron chi connectivity index (χ0n) is 16.5. The van der Waals surface area contributed by atoms with Crippen LogP contribution in [0.2, 0.25) is 5.02 Å². The van der Waals surface area contributed by atoms with Gasteiger partial charge in [-0.05, 0) is 49.2 Å². The number of aryl methyl sites for hydroxylation is 1. The van der Waals surface area contributed by atoms with Crippen LogP contribution < -0.4 is 14.9 Å². The van der Waals surface area contributed by atoms with Crippen LogP contribution in [-0.2, 0) is 19.6 Å². The van der Waals surface area contributed by atoms with E-state index in [4.69, 9.17) is 11.6 Å². The van der Waals surface area contributed by atoms with Gasteiger partial charge >= 0.3 is 0 Å². The average molecular weight is 438 g/mol. The molecule has 0 spiro atoms. The van der Waals surface area contributed by atoms with Gasteiger partial charge in [0.15, 0.2) is 0 Å². The van der Waals surface area contributed by atoms with Gasteiger partial charge in [0, 0.05) is 36.3 Å². The molecule has 2 aromatic rings. The summed E-state index contributed by atoms with van der Waals surface area (Å²) in [5.74, 6) is -0.452. The summed E-state index contributed by atoms with van der Waals surface area (Å²) in [7, 11) is -3.53. The van der Waals surface area contributed by atoms with Crippen molar-refractivity contribution in [1.82, 2.24) is 0 Å². The van der Waals surface area contributed by atoms with Gasteiger partial charge in [0.2, 0.25) is 21.8 Å². The molecule has 0 saturated heterocycles. The standard InChI is InChI=1S/C20H24ClN3O4S/c1-14-9-10-16(21)12-19(14)24(29(3,27)28)11-5-8-20(26)23-18-7-4-6-17(13-18)22-15(2)25/h4,6-7,9-10,12-13H,5,8,11H2,1-3H3,(H,22,25)(H,23,26). The third kappa shape index (κ3) is 7.07. The van der Waals surface area contributed by atoms with Gasteiger partial charge in [0.1, 0.15) is 0 Å². The molecule has 0 aromatic heterocycles. The summed E-state index contributed by atoms with van der Waals surface area (Å²) in [5, 5.41) is 5.84. The van der Waals surface area contributed by atoms with Crippen molar-refractivity contribution < 1.29 is 18.0 Å². The van der Waals surface area contributed by atoms with E-state index in [2.05, 4.69) is 10.6 Å². The van der Waals surface area contributed by atoms with Crippen LogP contribution >= 0.6 is 11.6 Å². The molecule has 0 atom stereocenters. The molecule has 0 heterocycles. The van der Waals surface area contributed by atoms with Gasteiger partial charge in [-0.25, -0.2) is 8.42 Å². The fourth-order valence-corrected chi connectivity index (χ4v) is 3.98. The first-order valence-electron chi connectivity index (χ1n) is 8.97. The number of sulfonamides is 1. The third-order valence-corrected chi connectivity index (χ3v) is 5.49. The molecule has 2 amide bonds. The molecule has 2 rings (SSSR count). The Balaban J connectivity index is 2.00. The Hall–Kier alpha value is -2.58. The topological polar surface area (TPSA) is 95.6 Å². The molecular weight excluding hydrogens is 414 g/mol. The maximum atomic E-state index is 12.2. The zero-order valence-corrected chi connectivity index (χ0v) is 18.1. The molecule has 9 heteroatoms. The van der Waals surface area contributed by atoms with Gasteiger partial charge in [0.25, 0.3) is 0 Å². The summed E-state index contributed by atoms with van der Waals surface area (Å²) in [6, 6.07) is 11.8. The highest BCUT2D eigenvalue weighted by Gasteiger charge is 2.19. The van der Waals surface area contributed by atoms with E-state index in [9.17, 15) is 18.0 Å². The van der Waals surface area contributed by atoms with E-state index in [0.717, 1.165) is 11.8 Å². The second kappa shape index (κ2) is 9.76. The summed E-state index contributed by atoms with van der Waals surface area (Å²) >= 11 is 6.02. The number of amides is 2. The van der Waals surface area contributed by atoms with Gasteiger partial charge in [-0.1, -0.05) is 23.7 Å². The van der Waals surface area contributed by atoms with E-state index in [1.807, 2.05) is 0 Å². The monoisotopic (exact) mass is 437 g/mol. The molecular formula is C20H24ClN3O4S. The number of nitrogens with one attached hydrogen (secondary N) is 2. The van der Waals surface area contributed by atoms with Crippen molar-refractivity contribution in [3.05, 3.63) is 53.1 Å². The summed E-state index contributed by atoms with van der Waals surface area (Å²) in [5.41, 5.74) is 2.41.